The van der Waals surface area contributed by atoms with Gasteiger partial charge in [0.2, 0.25) is 0 Å². The molecule has 0 amide bonds. The SMILES string of the molecule is O=C(O)c1ccc(C2=CCC(N(Cc3ccccc3)Cc3ccccc3)CC2)cc1. The molecule has 1 atom stereocenters. The van der Waals surface area contributed by atoms with E-state index in [1.54, 1.807) is 12.1 Å². The van der Waals surface area contributed by atoms with Gasteiger partial charge in [-0.05, 0) is 53.7 Å². The molecule has 3 heteroatoms. The Hall–Kier alpha value is -3.17. The van der Waals surface area contributed by atoms with E-state index >= 15 is 0 Å². The zero-order chi connectivity index (χ0) is 20.8. The number of benzene rings is 3. The number of carbonyl (C=O) groups is 1. The first-order valence-electron chi connectivity index (χ1n) is 10.5. The summed E-state index contributed by atoms with van der Waals surface area (Å²) in [6, 6.07) is 29.1. The summed E-state index contributed by atoms with van der Waals surface area (Å²) < 4.78 is 0. The lowest BCUT2D eigenvalue weighted by atomic mass is 9.89. The quantitative estimate of drug-likeness (QED) is 0.530. The summed E-state index contributed by atoms with van der Waals surface area (Å²) >= 11 is 0. The number of allylic oxidation sites excluding steroid dienone is 1. The first-order chi connectivity index (χ1) is 14.7. The minimum atomic E-state index is -0.878. The van der Waals surface area contributed by atoms with Gasteiger partial charge in [0.1, 0.15) is 0 Å². The molecule has 0 aromatic heterocycles. The Bertz CT molecular complexity index is 953. The highest BCUT2D eigenvalue weighted by molar-refractivity contribution is 5.88. The van der Waals surface area contributed by atoms with Crippen LogP contribution in [0.25, 0.3) is 5.57 Å². The summed E-state index contributed by atoms with van der Waals surface area (Å²) in [5, 5.41) is 9.10. The van der Waals surface area contributed by atoms with Gasteiger partial charge >= 0.3 is 5.97 Å². The lowest BCUT2D eigenvalue weighted by molar-refractivity contribution is 0.0697. The Morgan fingerprint density at radius 3 is 1.87 bits per heavy atom. The van der Waals surface area contributed by atoms with Crippen molar-refractivity contribution in [1.82, 2.24) is 4.90 Å². The lowest BCUT2D eigenvalue weighted by Crippen LogP contribution is -2.35. The highest BCUT2D eigenvalue weighted by Crippen LogP contribution is 2.31. The van der Waals surface area contributed by atoms with E-state index in [1.165, 1.54) is 16.7 Å². The molecular weight excluding hydrogens is 370 g/mol. The van der Waals surface area contributed by atoms with Crippen molar-refractivity contribution in [2.24, 2.45) is 0 Å². The second-order valence-electron chi connectivity index (χ2n) is 7.92. The van der Waals surface area contributed by atoms with E-state index in [1.807, 2.05) is 12.1 Å². The van der Waals surface area contributed by atoms with Crippen LogP contribution in [-0.4, -0.2) is 22.0 Å². The van der Waals surface area contributed by atoms with Crippen LogP contribution in [0.15, 0.2) is 91.0 Å². The summed E-state index contributed by atoms with van der Waals surface area (Å²) in [5.74, 6) is -0.878. The number of carboxylic acids is 1. The zero-order valence-electron chi connectivity index (χ0n) is 17.1. The highest BCUT2D eigenvalue weighted by atomic mass is 16.4. The fourth-order valence-electron chi connectivity index (χ4n) is 4.19. The summed E-state index contributed by atoms with van der Waals surface area (Å²) in [6.45, 7) is 1.88. The number of hydrogen-bond acceptors (Lipinski definition) is 2. The Morgan fingerprint density at radius 2 is 1.40 bits per heavy atom. The molecule has 1 unspecified atom stereocenters. The molecule has 0 saturated heterocycles. The molecule has 1 N–H and O–H groups in total. The minimum absolute atomic E-state index is 0.338. The topological polar surface area (TPSA) is 40.5 Å². The van der Waals surface area contributed by atoms with Crippen molar-refractivity contribution in [3.8, 4) is 0 Å². The van der Waals surface area contributed by atoms with Gasteiger partial charge in [0.25, 0.3) is 0 Å². The molecule has 3 aromatic carbocycles. The maximum atomic E-state index is 11.1. The third kappa shape index (κ3) is 5.05. The number of nitrogens with zero attached hydrogens (tertiary/aromatic N) is 1. The number of rotatable bonds is 7. The standard InChI is InChI=1S/C27H27NO2/c29-27(30)25-13-11-23(12-14-25)24-15-17-26(18-16-24)28(19-21-7-3-1-4-8-21)20-22-9-5-2-6-10-22/h1-15,26H,16-20H2,(H,29,30). The van der Waals surface area contributed by atoms with Crippen LogP contribution in [0.4, 0.5) is 0 Å². The van der Waals surface area contributed by atoms with Crippen LogP contribution in [-0.2, 0) is 13.1 Å². The fraction of sp³-hybridized carbons (Fsp3) is 0.222. The van der Waals surface area contributed by atoms with Gasteiger partial charge in [0, 0.05) is 19.1 Å². The van der Waals surface area contributed by atoms with E-state index in [4.69, 9.17) is 5.11 Å². The molecule has 3 nitrogen and oxygen atoms in total. The van der Waals surface area contributed by atoms with Gasteiger partial charge in [-0.2, -0.15) is 0 Å². The van der Waals surface area contributed by atoms with Crippen LogP contribution in [0.2, 0.25) is 0 Å². The number of hydrogen-bond donors (Lipinski definition) is 1. The van der Waals surface area contributed by atoms with Crippen molar-refractivity contribution in [2.75, 3.05) is 0 Å². The molecule has 0 spiro atoms. The third-order valence-corrected chi connectivity index (χ3v) is 5.86. The van der Waals surface area contributed by atoms with Crippen molar-refractivity contribution in [3.63, 3.8) is 0 Å². The van der Waals surface area contributed by atoms with Crippen molar-refractivity contribution in [3.05, 3.63) is 113 Å². The van der Waals surface area contributed by atoms with Gasteiger partial charge in [-0.3, -0.25) is 4.90 Å². The van der Waals surface area contributed by atoms with Gasteiger partial charge in [-0.15, -0.1) is 0 Å². The summed E-state index contributed by atoms with van der Waals surface area (Å²) in [4.78, 5) is 13.7. The molecule has 0 fully saturated rings. The summed E-state index contributed by atoms with van der Waals surface area (Å²) in [6.07, 6.45) is 5.46. The molecule has 152 valence electrons. The van der Waals surface area contributed by atoms with Gasteiger partial charge in [-0.25, -0.2) is 4.79 Å². The average molecular weight is 398 g/mol. The largest absolute Gasteiger partial charge is 0.478 e. The van der Waals surface area contributed by atoms with Crippen molar-refractivity contribution >= 4 is 11.5 Å². The van der Waals surface area contributed by atoms with E-state index in [9.17, 15) is 4.79 Å². The number of carboxylic acid groups (broad SMARTS) is 1. The Morgan fingerprint density at radius 1 is 0.833 bits per heavy atom. The first-order valence-corrected chi connectivity index (χ1v) is 10.5. The number of aromatic carboxylic acids is 1. The monoisotopic (exact) mass is 397 g/mol. The van der Waals surface area contributed by atoms with E-state index in [2.05, 4.69) is 71.6 Å². The molecule has 0 saturated carbocycles. The molecule has 0 radical (unpaired) electrons. The summed E-state index contributed by atoms with van der Waals surface area (Å²) in [7, 11) is 0. The summed E-state index contributed by atoms with van der Waals surface area (Å²) in [5.41, 5.74) is 5.48. The van der Waals surface area contributed by atoms with E-state index < -0.39 is 5.97 Å². The molecule has 0 bridgehead atoms. The van der Waals surface area contributed by atoms with Crippen LogP contribution < -0.4 is 0 Å². The van der Waals surface area contributed by atoms with Crippen LogP contribution in [0.5, 0.6) is 0 Å². The maximum Gasteiger partial charge on any atom is 0.335 e. The Kier molecular flexibility index (Phi) is 6.41. The smallest absolute Gasteiger partial charge is 0.335 e. The molecule has 30 heavy (non-hydrogen) atoms. The maximum absolute atomic E-state index is 11.1. The van der Waals surface area contributed by atoms with Crippen molar-refractivity contribution < 1.29 is 9.90 Å². The van der Waals surface area contributed by atoms with Crippen molar-refractivity contribution in [1.29, 1.82) is 0 Å². The van der Waals surface area contributed by atoms with Gasteiger partial charge in [0.05, 0.1) is 5.56 Å². The minimum Gasteiger partial charge on any atom is -0.478 e. The van der Waals surface area contributed by atoms with Gasteiger partial charge in [0.15, 0.2) is 0 Å². The zero-order valence-corrected chi connectivity index (χ0v) is 17.1. The lowest BCUT2D eigenvalue weighted by Gasteiger charge is -2.34. The van der Waals surface area contributed by atoms with E-state index in [0.717, 1.165) is 37.9 Å². The predicted octanol–water partition coefficient (Wildman–Crippen LogP) is 6.02. The van der Waals surface area contributed by atoms with Crippen LogP contribution >= 0.6 is 0 Å². The van der Waals surface area contributed by atoms with E-state index in [0.29, 0.717) is 11.6 Å². The Labute approximate surface area is 178 Å². The predicted molar refractivity (Wildman–Crippen MR) is 121 cm³/mol. The van der Waals surface area contributed by atoms with E-state index in [-0.39, 0.29) is 0 Å². The molecule has 3 aromatic rings. The molecule has 4 rings (SSSR count). The molecule has 1 aliphatic rings. The normalized spacial score (nSPS) is 16.3. The second-order valence-corrected chi connectivity index (χ2v) is 7.92. The van der Waals surface area contributed by atoms with Crippen LogP contribution in [0.3, 0.4) is 0 Å². The van der Waals surface area contributed by atoms with Crippen LogP contribution in [0, 0.1) is 0 Å². The fourth-order valence-corrected chi connectivity index (χ4v) is 4.19. The van der Waals surface area contributed by atoms with Gasteiger partial charge in [-0.1, -0.05) is 78.9 Å². The molecule has 0 heterocycles. The van der Waals surface area contributed by atoms with Crippen LogP contribution in [0.1, 0.15) is 46.3 Å². The Balaban J connectivity index is 1.49. The molecular formula is C27H27NO2. The van der Waals surface area contributed by atoms with Crippen molar-refractivity contribution in [2.45, 2.75) is 38.4 Å². The third-order valence-electron chi connectivity index (χ3n) is 5.86. The first kappa shape index (κ1) is 20.1. The average Bonchev–Trinajstić information content (AvgIpc) is 2.80. The highest BCUT2D eigenvalue weighted by Gasteiger charge is 2.22. The molecule has 1 aliphatic carbocycles. The van der Waals surface area contributed by atoms with Gasteiger partial charge < -0.3 is 5.11 Å². The second kappa shape index (κ2) is 9.55. The molecule has 0 aliphatic heterocycles.